The lowest BCUT2D eigenvalue weighted by molar-refractivity contribution is -0.118. The molecule has 0 unspecified atom stereocenters. The van der Waals surface area contributed by atoms with E-state index in [1.54, 1.807) is 12.0 Å². The average molecular weight is 394 g/mol. The number of hydrogen-bond donors (Lipinski definition) is 2. The zero-order chi connectivity index (χ0) is 20.4. The van der Waals surface area contributed by atoms with Gasteiger partial charge in [-0.25, -0.2) is 0 Å². The van der Waals surface area contributed by atoms with Gasteiger partial charge >= 0.3 is 0 Å². The number of carbonyl (C=O) groups is 1. The molecule has 1 amide bonds. The Morgan fingerprint density at radius 3 is 2.72 bits per heavy atom. The van der Waals surface area contributed by atoms with Crippen LogP contribution < -0.4 is 20.3 Å². The molecule has 29 heavy (non-hydrogen) atoms. The van der Waals surface area contributed by atoms with Crippen LogP contribution >= 0.6 is 0 Å². The summed E-state index contributed by atoms with van der Waals surface area (Å²) in [4.78, 5) is 13.9. The number of nitrogens with zero attached hydrogens (tertiary/aromatic N) is 1. The highest BCUT2D eigenvalue weighted by atomic mass is 16.5. The molecule has 0 aromatic heterocycles. The molecule has 1 fully saturated rings. The van der Waals surface area contributed by atoms with E-state index in [4.69, 9.17) is 4.74 Å². The SMILES string of the molecule is COc1cc2c(cc1CN[C@@H]1CC[C@@H](C)N[C@@H]1c1ccccc1)N(C)C(=O)CC2. The van der Waals surface area contributed by atoms with Crippen LogP contribution in [0.2, 0.25) is 0 Å². The second kappa shape index (κ2) is 8.56. The first kappa shape index (κ1) is 19.9. The molecule has 2 heterocycles. The molecule has 2 aliphatic heterocycles. The first-order valence-electron chi connectivity index (χ1n) is 10.6. The molecule has 0 saturated carbocycles. The van der Waals surface area contributed by atoms with Crippen LogP contribution in [-0.2, 0) is 17.8 Å². The maximum Gasteiger partial charge on any atom is 0.227 e. The first-order chi connectivity index (χ1) is 14.1. The van der Waals surface area contributed by atoms with E-state index in [9.17, 15) is 4.79 Å². The number of amides is 1. The molecule has 154 valence electrons. The summed E-state index contributed by atoms with van der Waals surface area (Å²) in [5.41, 5.74) is 4.61. The van der Waals surface area contributed by atoms with Gasteiger partial charge in [0, 0.05) is 49.4 Å². The zero-order valence-corrected chi connectivity index (χ0v) is 17.6. The van der Waals surface area contributed by atoms with Crippen LogP contribution in [0.25, 0.3) is 0 Å². The topological polar surface area (TPSA) is 53.6 Å². The summed E-state index contributed by atoms with van der Waals surface area (Å²) in [5.74, 6) is 1.07. The molecule has 0 radical (unpaired) electrons. The van der Waals surface area contributed by atoms with E-state index in [1.807, 2.05) is 7.05 Å². The highest BCUT2D eigenvalue weighted by molar-refractivity contribution is 5.96. The lowest BCUT2D eigenvalue weighted by Crippen LogP contribution is -2.49. The molecule has 0 bridgehead atoms. The highest BCUT2D eigenvalue weighted by Crippen LogP contribution is 2.34. The van der Waals surface area contributed by atoms with Crippen molar-refractivity contribution in [2.75, 3.05) is 19.1 Å². The Hall–Kier alpha value is -2.37. The molecule has 2 aliphatic rings. The first-order valence-corrected chi connectivity index (χ1v) is 10.6. The van der Waals surface area contributed by atoms with Crippen molar-refractivity contribution < 1.29 is 9.53 Å². The third kappa shape index (κ3) is 4.16. The van der Waals surface area contributed by atoms with E-state index in [0.717, 1.165) is 36.3 Å². The summed E-state index contributed by atoms with van der Waals surface area (Å²) in [6.07, 6.45) is 3.62. The number of methoxy groups -OCH3 is 1. The molecule has 3 atom stereocenters. The Balaban J connectivity index is 1.55. The van der Waals surface area contributed by atoms with Crippen LogP contribution in [0.1, 0.15) is 48.9 Å². The minimum Gasteiger partial charge on any atom is -0.496 e. The van der Waals surface area contributed by atoms with Gasteiger partial charge in [-0.3, -0.25) is 4.79 Å². The van der Waals surface area contributed by atoms with Crippen LogP contribution in [0.4, 0.5) is 5.69 Å². The quantitative estimate of drug-likeness (QED) is 0.815. The highest BCUT2D eigenvalue weighted by Gasteiger charge is 2.29. The largest absolute Gasteiger partial charge is 0.496 e. The van der Waals surface area contributed by atoms with E-state index in [2.05, 4.69) is 60.0 Å². The van der Waals surface area contributed by atoms with Gasteiger partial charge in [0.1, 0.15) is 5.75 Å². The standard InChI is InChI=1S/C24H31N3O2/c1-16-9-11-20(24(26-16)17-7-5-4-6-8-17)25-15-19-13-21-18(14-22(19)29-3)10-12-23(28)27(21)2/h4-8,13-14,16,20,24-26H,9-12,15H2,1-3H3/t16-,20-,24-/m1/s1. The number of benzene rings is 2. The number of carbonyl (C=O) groups excluding carboxylic acids is 1. The number of ether oxygens (including phenoxy) is 1. The number of aryl methyl sites for hydroxylation is 1. The number of nitrogens with one attached hydrogen (secondary N) is 2. The van der Waals surface area contributed by atoms with Crippen molar-refractivity contribution in [3.8, 4) is 5.75 Å². The van der Waals surface area contributed by atoms with Crippen LogP contribution in [0.5, 0.6) is 5.75 Å². The second-order valence-corrected chi connectivity index (χ2v) is 8.27. The Kier molecular flexibility index (Phi) is 5.88. The minimum atomic E-state index is 0.177. The summed E-state index contributed by atoms with van der Waals surface area (Å²) < 4.78 is 5.68. The third-order valence-electron chi connectivity index (χ3n) is 6.32. The summed E-state index contributed by atoms with van der Waals surface area (Å²) in [6, 6.07) is 16.0. The number of fused-ring (bicyclic) bond motifs is 1. The number of hydrogen-bond acceptors (Lipinski definition) is 4. The fraction of sp³-hybridized carbons (Fsp3) is 0.458. The van der Waals surface area contributed by atoms with Crippen molar-refractivity contribution in [3.05, 3.63) is 59.2 Å². The molecule has 2 aromatic carbocycles. The maximum atomic E-state index is 12.1. The van der Waals surface area contributed by atoms with E-state index in [0.29, 0.717) is 25.0 Å². The average Bonchev–Trinajstić information content (AvgIpc) is 2.75. The van der Waals surface area contributed by atoms with Crippen molar-refractivity contribution in [1.82, 2.24) is 10.6 Å². The van der Waals surface area contributed by atoms with Crippen LogP contribution in [0.15, 0.2) is 42.5 Å². The second-order valence-electron chi connectivity index (χ2n) is 8.27. The van der Waals surface area contributed by atoms with Crippen molar-refractivity contribution in [2.24, 2.45) is 0 Å². The van der Waals surface area contributed by atoms with Crippen molar-refractivity contribution >= 4 is 11.6 Å². The van der Waals surface area contributed by atoms with Crippen molar-refractivity contribution in [2.45, 2.75) is 57.3 Å². The molecule has 5 nitrogen and oxygen atoms in total. The molecular weight excluding hydrogens is 362 g/mol. The summed E-state index contributed by atoms with van der Waals surface area (Å²) >= 11 is 0. The van der Waals surface area contributed by atoms with Gasteiger partial charge in [-0.2, -0.15) is 0 Å². The number of rotatable bonds is 5. The van der Waals surface area contributed by atoms with E-state index in [1.165, 1.54) is 11.1 Å². The van der Waals surface area contributed by atoms with Gasteiger partial charge in [0.25, 0.3) is 0 Å². The maximum absolute atomic E-state index is 12.1. The van der Waals surface area contributed by atoms with Crippen LogP contribution in [0.3, 0.4) is 0 Å². The lowest BCUT2D eigenvalue weighted by atomic mass is 9.89. The van der Waals surface area contributed by atoms with Gasteiger partial charge < -0.3 is 20.3 Å². The van der Waals surface area contributed by atoms with E-state index in [-0.39, 0.29) is 11.9 Å². The Labute approximate surface area is 173 Å². The monoisotopic (exact) mass is 393 g/mol. The molecule has 2 N–H and O–H groups in total. The van der Waals surface area contributed by atoms with Crippen LogP contribution in [-0.4, -0.2) is 32.1 Å². The molecular formula is C24H31N3O2. The van der Waals surface area contributed by atoms with Gasteiger partial charge in [-0.15, -0.1) is 0 Å². The summed E-state index contributed by atoms with van der Waals surface area (Å²) in [5, 5.41) is 7.53. The fourth-order valence-corrected chi connectivity index (χ4v) is 4.59. The molecule has 4 rings (SSSR count). The molecule has 5 heteroatoms. The normalized spacial score (nSPS) is 24.3. The number of piperidine rings is 1. The third-order valence-corrected chi connectivity index (χ3v) is 6.32. The minimum absolute atomic E-state index is 0.177. The predicted octanol–water partition coefficient (Wildman–Crippen LogP) is 3.58. The molecule has 0 spiro atoms. The Bertz CT molecular complexity index is 868. The van der Waals surface area contributed by atoms with Gasteiger partial charge in [-0.05, 0) is 49.4 Å². The van der Waals surface area contributed by atoms with Crippen LogP contribution in [0, 0.1) is 0 Å². The molecule has 1 saturated heterocycles. The summed E-state index contributed by atoms with van der Waals surface area (Å²) in [7, 11) is 3.58. The summed E-state index contributed by atoms with van der Waals surface area (Å²) in [6.45, 7) is 2.97. The Morgan fingerprint density at radius 2 is 1.97 bits per heavy atom. The number of anilines is 1. The Morgan fingerprint density at radius 1 is 1.17 bits per heavy atom. The van der Waals surface area contributed by atoms with Crippen molar-refractivity contribution in [3.63, 3.8) is 0 Å². The lowest BCUT2D eigenvalue weighted by Gasteiger charge is -2.37. The smallest absolute Gasteiger partial charge is 0.227 e. The van der Waals surface area contributed by atoms with Crippen molar-refractivity contribution in [1.29, 1.82) is 0 Å². The van der Waals surface area contributed by atoms with Gasteiger partial charge in [0.15, 0.2) is 0 Å². The van der Waals surface area contributed by atoms with Gasteiger partial charge in [0.2, 0.25) is 5.91 Å². The van der Waals surface area contributed by atoms with Gasteiger partial charge in [0.05, 0.1) is 7.11 Å². The molecule has 0 aliphatic carbocycles. The van der Waals surface area contributed by atoms with E-state index >= 15 is 0 Å². The fourth-order valence-electron chi connectivity index (χ4n) is 4.59. The predicted molar refractivity (Wildman–Crippen MR) is 116 cm³/mol. The van der Waals surface area contributed by atoms with E-state index < -0.39 is 0 Å². The zero-order valence-electron chi connectivity index (χ0n) is 17.6. The molecule has 2 aromatic rings. The van der Waals surface area contributed by atoms with Gasteiger partial charge in [-0.1, -0.05) is 30.3 Å².